The quantitative estimate of drug-likeness (QED) is 0.811. The van der Waals surface area contributed by atoms with Crippen molar-refractivity contribution >= 4 is 11.4 Å². The van der Waals surface area contributed by atoms with Crippen molar-refractivity contribution in [2.45, 2.75) is 24.4 Å². The van der Waals surface area contributed by atoms with E-state index in [-0.39, 0.29) is 24.7 Å². The normalized spacial score (nSPS) is 25.3. The minimum Gasteiger partial charge on any atom is -0.453 e. The zero-order valence-corrected chi connectivity index (χ0v) is 13.5. The van der Waals surface area contributed by atoms with Gasteiger partial charge in [0.1, 0.15) is 12.2 Å². The Kier molecular flexibility index (Phi) is 4.06. The van der Waals surface area contributed by atoms with E-state index < -0.39 is 30.0 Å². The fraction of sp³-hybridized carbons (Fsp3) is 0.333. The van der Waals surface area contributed by atoms with Crippen LogP contribution in [0.5, 0.6) is 11.5 Å². The Morgan fingerprint density at radius 2 is 1.69 bits per heavy atom. The Morgan fingerprint density at radius 1 is 0.962 bits per heavy atom. The zero-order valence-electron chi connectivity index (χ0n) is 13.5. The maximum absolute atomic E-state index is 13.2. The average Bonchev–Trinajstić information content (AvgIpc) is 2.61. The van der Waals surface area contributed by atoms with Gasteiger partial charge in [-0.2, -0.15) is 13.2 Å². The number of rotatable bonds is 1. The first-order valence-corrected chi connectivity index (χ1v) is 8.07. The molecule has 0 bridgehead atoms. The molecule has 0 aliphatic carbocycles. The molecule has 0 radical (unpaired) electrons. The number of alkyl halides is 3. The van der Waals surface area contributed by atoms with Crippen LogP contribution in [-0.2, 0) is 10.9 Å². The van der Waals surface area contributed by atoms with Gasteiger partial charge in [-0.05, 0) is 30.3 Å². The van der Waals surface area contributed by atoms with E-state index in [1.54, 1.807) is 29.2 Å². The predicted molar refractivity (Wildman–Crippen MR) is 86.7 cm³/mol. The molecule has 2 aromatic rings. The second-order valence-corrected chi connectivity index (χ2v) is 6.28. The van der Waals surface area contributed by atoms with Crippen molar-refractivity contribution in [2.24, 2.45) is 0 Å². The molecule has 4 rings (SSSR count). The van der Waals surface area contributed by atoms with Crippen LogP contribution in [0.2, 0.25) is 0 Å². The summed E-state index contributed by atoms with van der Waals surface area (Å²) in [4.78, 5) is 1.55. The second-order valence-electron chi connectivity index (χ2n) is 6.28. The zero-order chi connectivity index (χ0) is 18.5. The first-order valence-electron chi connectivity index (χ1n) is 8.07. The molecule has 2 aromatic carbocycles. The summed E-state index contributed by atoms with van der Waals surface area (Å²) in [5.41, 5.74) is -0.155. The molecule has 0 spiro atoms. The van der Waals surface area contributed by atoms with Crippen molar-refractivity contribution in [1.82, 2.24) is 0 Å². The number of anilines is 2. The number of benzene rings is 2. The number of aliphatic hydroxyl groups excluding tert-OH is 2. The monoisotopic (exact) mass is 367 g/mol. The molecule has 2 aliphatic rings. The van der Waals surface area contributed by atoms with Crippen molar-refractivity contribution in [3.63, 3.8) is 0 Å². The third-order valence-electron chi connectivity index (χ3n) is 4.59. The summed E-state index contributed by atoms with van der Waals surface area (Å²) in [5.74, 6) is 0.691. The highest BCUT2D eigenvalue weighted by Crippen LogP contribution is 2.49. The van der Waals surface area contributed by atoms with Crippen LogP contribution in [0.3, 0.4) is 0 Å². The average molecular weight is 367 g/mol. The maximum Gasteiger partial charge on any atom is 0.416 e. The van der Waals surface area contributed by atoms with E-state index in [1.807, 2.05) is 0 Å². The molecule has 2 heterocycles. The third-order valence-corrected chi connectivity index (χ3v) is 4.59. The number of hydrogen-bond acceptors (Lipinski definition) is 5. The molecule has 26 heavy (non-hydrogen) atoms. The SMILES string of the molecule is OC1[C@@H](O)COC[C@@H]1N1c2ccccc2Oc2ccc(C(F)(F)F)cc21. The molecular weight excluding hydrogens is 351 g/mol. The van der Waals surface area contributed by atoms with Crippen LogP contribution in [0.25, 0.3) is 0 Å². The number of ether oxygens (including phenoxy) is 2. The molecule has 0 saturated carbocycles. The lowest BCUT2D eigenvalue weighted by Crippen LogP contribution is -2.55. The molecule has 5 nitrogen and oxygen atoms in total. The number of halogens is 3. The van der Waals surface area contributed by atoms with E-state index in [1.165, 1.54) is 6.07 Å². The molecular formula is C18H16F3NO4. The van der Waals surface area contributed by atoms with Crippen molar-refractivity contribution in [3.8, 4) is 11.5 Å². The summed E-state index contributed by atoms with van der Waals surface area (Å²) in [6.07, 6.45) is -6.82. The Balaban J connectivity index is 1.86. The number of nitrogens with zero attached hydrogens (tertiary/aromatic N) is 1. The highest BCUT2D eigenvalue weighted by Gasteiger charge is 2.41. The summed E-state index contributed by atoms with van der Waals surface area (Å²) in [5, 5.41) is 20.4. The molecule has 138 valence electrons. The van der Waals surface area contributed by atoms with Crippen molar-refractivity contribution in [3.05, 3.63) is 48.0 Å². The molecule has 1 saturated heterocycles. The Hall–Kier alpha value is -2.29. The van der Waals surface area contributed by atoms with Gasteiger partial charge in [0.2, 0.25) is 0 Å². The van der Waals surface area contributed by atoms with Gasteiger partial charge in [0, 0.05) is 0 Å². The van der Waals surface area contributed by atoms with E-state index in [2.05, 4.69) is 0 Å². The fourth-order valence-electron chi connectivity index (χ4n) is 3.31. The summed E-state index contributed by atoms with van der Waals surface area (Å²) in [6, 6.07) is 9.28. The van der Waals surface area contributed by atoms with Crippen LogP contribution in [0, 0.1) is 0 Å². The molecule has 1 unspecified atom stereocenters. The van der Waals surface area contributed by atoms with Gasteiger partial charge in [-0.25, -0.2) is 0 Å². The molecule has 0 aromatic heterocycles. The van der Waals surface area contributed by atoms with Gasteiger partial charge in [0.15, 0.2) is 11.5 Å². The van der Waals surface area contributed by atoms with Crippen molar-refractivity contribution in [1.29, 1.82) is 0 Å². The molecule has 2 N–H and O–H groups in total. The van der Waals surface area contributed by atoms with E-state index in [0.717, 1.165) is 12.1 Å². The third kappa shape index (κ3) is 2.80. The molecule has 0 amide bonds. The van der Waals surface area contributed by atoms with Crippen LogP contribution in [-0.4, -0.2) is 41.7 Å². The molecule has 1 fully saturated rings. The Morgan fingerprint density at radius 3 is 2.46 bits per heavy atom. The molecule has 2 aliphatic heterocycles. The van der Waals surface area contributed by atoms with Gasteiger partial charge in [-0.3, -0.25) is 0 Å². The lowest BCUT2D eigenvalue weighted by atomic mass is 9.99. The van der Waals surface area contributed by atoms with E-state index >= 15 is 0 Å². The summed E-state index contributed by atoms with van der Waals surface area (Å²) in [7, 11) is 0. The van der Waals surface area contributed by atoms with Gasteiger partial charge in [0.25, 0.3) is 0 Å². The molecule has 3 atom stereocenters. The summed E-state index contributed by atoms with van der Waals surface area (Å²) < 4.78 is 50.6. The van der Waals surface area contributed by atoms with Crippen LogP contribution >= 0.6 is 0 Å². The van der Waals surface area contributed by atoms with Crippen LogP contribution in [0.1, 0.15) is 5.56 Å². The van der Waals surface area contributed by atoms with Gasteiger partial charge < -0.3 is 24.6 Å². The van der Waals surface area contributed by atoms with Crippen molar-refractivity contribution < 1.29 is 32.9 Å². The van der Waals surface area contributed by atoms with Gasteiger partial charge >= 0.3 is 6.18 Å². The summed E-state index contributed by atoms with van der Waals surface area (Å²) in [6.45, 7) is 0.0291. The Bertz CT molecular complexity index is 826. The smallest absolute Gasteiger partial charge is 0.416 e. The highest BCUT2D eigenvalue weighted by atomic mass is 19.4. The first-order chi connectivity index (χ1) is 12.4. The largest absolute Gasteiger partial charge is 0.453 e. The predicted octanol–water partition coefficient (Wildman–Crippen LogP) is 3.07. The lowest BCUT2D eigenvalue weighted by molar-refractivity contribution is -0.137. The highest BCUT2D eigenvalue weighted by molar-refractivity contribution is 5.79. The van der Waals surface area contributed by atoms with Gasteiger partial charge in [-0.1, -0.05) is 12.1 Å². The minimum atomic E-state index is -4.52. The fourth-order valence-corrected chi connectivity index (χ4v) is 3.31. The number of hydrogen-bond donors (Lipinski definition) is 2. The Labute approximate surface area is 147 Å². The first kappa shape index (κ1) is 17.1. The maximum atomic E-state index is 13.2. The van der Waals surface area contributed by atoms with Crippen molar-refractivity contribution in [2.75, 3.05) is 18.1 Å². The number of para-hydroxylation sites is 2. The van der Waals surface area contributed by atoms with Crippen LogP contribution < -0.4 is 9.64 Å². The minimum absolute atomic E-state index is 0.0287. The van der Waals surface area contributed by atoms with Crippen LogP contribution in [0.15, 0.2) is 42.5 Å². The van der Waals surface area contributed by atoms with E-state index in [9.17, 15) is 23.4 Å². The summed E-state index contributed by atoms with van der Waals surface area (Å²) >= 11 is 0. The topological polar surface area (TPSA) is 62.2 Å². The van der Waals surface area contributed by atoms with Crippen LogP contribution in [0.4, 0.5) is 24.5 Å². The standard InChI is InChI=1S/C18H16F3NO4/c19-18(20,21)10-5-6-16-12(7-10)22(11-3-1-2-4-15(11)26-16)13-8-25-9-14(23)17(13)24/h1-7,13-14,17,23-24H,8-9H2/t13-,14-,17?/m0/s1. The molecule has 8 heteroatoms. The van der Waals surface area contributed by atoms with E-state index in [0.29, 0.717) is 11.4 Å². The second kappa shape index (κ2) is 6.15. The number of aliphatic hydroxyl groups is 2. The number of fused-ring (bicyclic) bond motifs is 2. The van der Waals surface area contributed by atoms with Gasteiger partial charge in [0.05, 0.1) is 36.2 Å². The van der Waals surface area contributed by atoms with E-state index in [4.69, 9.17) is 9.47 Å². The lowest BCUT2D eigenvalue weighted by Gasteiger charge is -2.43. The van der Waals surface area contributed by atoms with Gasteiger partial charge in [-0.15, -0.1) is 0 Å².